The van der Waals surface area contributed by atoms with Crippen molar-refractivity contribution in [2.45, 2.75) is 19.9 Å². The summed E-state index contributed by atoms with van der Waals surface area (Å²) in [7, 11) is 0. The summed E-state index contributed by atoms with van der Waals surface area (Å²) in [4.78, 5) is 9.45. The molecule has 5 nitrogen and oxygen atoms in total. The first-order chi connectivity index (χ1) is 12.6. The monoisotopic (exact) mass is 479 g/mol. The molecule has 0 bridgehead atoms. The van der Waals surface area contributed by atoms with Gasteiger partial charge in [-0.1, -0.05) is 35.9 Å². The lowest BCUT2D eigenvalue weighted by Gasteiger charge is -2.38. The number of hydrogen-bond acceptors (Lipinski definition) is 3. The molecule has 0 saturated carbocycles. The van der Waals surface area contributed by atoms with Crippen molar-refractivity contribution in [3.05, 3.63) is 60.2 Å². The number of para-hydroxylation sites is 1. The summed E-state index contributed by atoms with van der Waals surface area (Å²) >= 11 is 0. The van der Waals surface area contributed by atoms with Gasteiger partial charge in [0.15, 0.2) is 5.96 Å². The molecule has 6 heteroatoms. The Morgan fingerprint density at radius 1 is 1.04 bits per heavy atom. The van der Waals surface area contributed by atoms with E-state index in [-0.39, 0.29) is 24.0 Å². The van der Waals surface area contributed by atoms with Gasteiger partial charge in [0.2, 0.25) is 0 Å². The first kappa shape index (κ1) is 21.5. The molecule has 1 fully saturated rings. The Kier molecular flexibility index (Phi) is 8.37. The SMILES string of the molecule is Cc1ccc(NC(N)=NCC(C)N2CCN(c3ccccc3)CC2)cc1.I. The summed E-state index contributed by atoms with van der Waals surface area (Å²) in [6.45, 7) is 9.20. The van der Waals surface area contributed by atoms with Crippen LogP contribution in [0.2, 0.25) is 0 Å². The molecule has 0 radical (unpaired) electrons. The molecule has 1 aliphatic heterocycles. The highest BCUT2D eigenvalue weighted by Gasteiger charge is 2.20. The number of guanidine groups is 1. The van der Waals surface area contributed by atoms with Gasteiger partial charge in [-0.3, -0.25) is 9.89 Å². The number of aryl methyl sites for hydroxylation is 1. The van der Waals surface area contributed by atoms with E-state index in [9.17, 15) is 0 Å². The van der Waals surface area contributed by atoms with E-state index in [2.05, 4.69) is 76.4 Å². The molecule has 3 rings (SSSR count). The molecule has 1 aliphatic rings. The van der Waals surface area contributed by atoms with E-state index in [1.54, 1.807) is 0 Å². The second-order valence-electron chi connectivity index (χ2n) is 6.92. The third-order valence-corrected chi connectivity index (χ3v) is 4.91. The average molecular weight is 479 g/mol. The number of rotatable bonds is 5. The number of piperazine rings is 1. The van der Waals surface area contributed by atoms with Crippen LogP contribution in [0.5, 0.6) is 0 Å². The molecular weight excluding hydrogens is 449 g/mol. The summed E-state index contributed by atoms with van der Waals surface area (Å²) in [5.74, 6) is 0.476. The first-order valence-electron chi connectivity index (χ1n) is 9.29. The topological polar surface area (TPSA) is 56.9 Å². The van der Waals surface area contributed by atoms with Crippen LogP contribution in [0.1, 0.15) is 12.5 Å². The number of nitrogens with zero attached hydrogens (tertiary/aromatic N) is 3. The molecule has 0 aromatic heterocycles. The predicted molar refractivity (Wildman–Crippen MR) is 126 cm³/mol. The highest BCUT2D eigenvalue weighted by molar-refractivity contribution is 14.0. The number of halogens is 1. The van der Waals surface area contributed by atoms with E-state index in [1.165, 1.54) is 11.3 Å². The Morgan fingerprint density at radius 2 is 1.67 bits per heavy atom. The van der Waals surface area contributed by atoms with Gasteiger partial charge >= 0.3 is 0 Å². The molecule has 1 unspecified atom stereocenters. The van der Waals surface area contributed by atoms with Crippen LogP contribution in [0.15, 0.2) is 59.6 Å². The van der Waals surface area contributed by atoms with Gasteiger partial charge in [-0.2, -0.15) is 0 Å². The summed E-state index contributed by atoms with van der Waals surface area (Å²) in [5, 5.41) is 3.16. The van der Waals surface area contributed by atoms with Crippen LogP contribution < -0.4 is 16.0 Å². The molecule has 3 N–H and O–H groups in total. The van der Waals surface area contributed by atoms with Crippen molar-refractivity contribution >= 4 is 41.3 Å². The number of nitrogens with two attached hydrogens (primary N) is 1. The van der Waals surface area contributed by atoms with Gasteiger partial charge in [-0.05, 0) is 38.1 Å². The summed E-state index contributed by atoms with van der Waals surface area (Å²) in [6.07, 6.45) is 0. The van der Waals surface area contributed by atoms with Crippen LogP contribution in [-0.2, 0) is 0 Å². The van der Waals surface area contributed by atoms with E-state index >= 15 is 0 Å². The zero-order valence-electron chi connectivity index (χ0n) is 16.1. The Hall–Kier alpha value is -1.80. The minimum Gasteiger partial charge on any atom is -0.370 e. The molecule has 1 saturated heterocycles. The van der Waals surface area contributed by atoms with Gasteiger partial charge in [0.25, 0.3) is 0 Å². The number of benzene rings is 2. The largest absolute Gasteiger partial charge is 0.370 e. The maximum Gasteiger partial charge on any atom is 0.193 e. The fourth-order valence-electron chi connectivity index (χ4n) is 3.23. The first-order valence-corrected chi connectivity index (χ1v) is 9.29. The van der Waals surface area contributed by atoms with Gasteiger partial charge in [-0.25, -0.2) is 0 Å². The van der Waals surface area contributed by atoms with Crippen molar-refractivity contribution in [3.8, 4) is 0 Å². The van der Waals surface area contributed by atoms with Crippen molar-refractivity contribution < 1.29 is 0 Å². The van der Waals surface area contributed by atoms with Crippen molar-refractivity contribution in [2.24, 2.45) is 10.7 Å². The Bertz CT molecular complexity index is 709. The standard InChI is InChI=1S/C21H29N5.HI/c1-17-8-10-19(11-9-17)24-21(22)23-16-18(2)25-12-14-26(15-13-25)20-6-4-3-5-7-20;/h3-11,18H,12-16H2,1-2H3,(H3,22,23,24);1H. The molecule has 2 aromatic rings. The van der Waals surface area contributed by atoms with Crippen molar-refractivity contribution in [2.75, 3.05) is 42.9 Å². The molecule has 2 aromatic carbocycles. The predicted octanol–water partition coefficient (Wildman–Crippen LogP) is 3.55. The molecule has 0 amide bonds. The van der Waals surface area contributed by atoms with Crippen molar-refractivity contribution in [3.63, 3.8) is 0 Å². The normalized spacial score (nSPS) is 16.5. The van der Waals surface area contributed by atoms with Crippen LogP contribution >= 0.6 is 24.0 Å². The minimum absolute atomic E-state index is 0. The van der Waals surface area contributed by atoms with Crippen LogP contribution in [-0.4, -0.2) is 49.6 Å². The van der Waals surface area contributed by atoms with Crippen LogP contribution in [0.4, 0.5) is 11.4 Å². The van der Waals surface area contributed by atoms with Crippen molar-refractivity contribution in [1.82, 2.24) is 4.90 Å². The third-order valence-electron chi connectivity index (χ3n) is 4.91. The van der Waals surface area contributed by atoms with Crippen LogP contribution in [0.3, 0.4) is 0 Å². The minimum atomic E-state index is 0. The maximum absolute atomic E-state index is 6.03. The maximum atomic E-state index is 6.03. The molecular formula is C21H30IN5. The Labute approximate surface area is 179 Å². The summed E-state index contributed by atoms with van der Waals surface area (Å²) < 4.78 is 0. The van der Waals surface area contributed by atoms with E-state index in [1.807, 2.05) is 12.1 Å². The summed E-state index contributed by atoms with van der Waals surface area (Å²) in [5.41, 5.74) is 9.55. The Morgan fingerprint density at radius 3 is 2.30 bits per heavy atom. The number of aliphatic imine (C=N–C) groups is 1. The highest BCUT2D eigenvalue weighted by Crippen LogP contribution is 2.16. The van der Waals surface area contributed by atoms with Crippen LogP contribution in [0, 0.1) is 6.92 Å². The zero-order chi connectivity index (χ0) is 18.4. The molecule has 27 heavy (non-hydrogen) atoms. The zero-order valence-corrected chi connectivity index (χ0v) is 18.5. The van der Waals surface area contributed by atoms with E-state index < -0.39 is 0 Å². The van der Waals surface area contributed by atoms with Gasteiger partial charge in [0.1, 0.15) is 0 Å². The molecule has 146 valence electrons. The van der Waals surface area contributed by atoms with Crippen molar-refractivity contribution in [1.29, 1.82) is 0 Å². The fourth-order valence-corrected chi connectivity index (χ4v) is 3.23. The van der Waals surface area contributed by atoms with E-state index in [0.29, 0.717) is 18.5 Å². The number of anilines is 2. The Balaban J connectivity index is 0.00000261. The van der Waals surface area contributed by atoms with Gasteiger partial charge < -0.3 is 16.0 Å². The highest BCUT2D eigenvalue weighted by atomic mass is 127. The third kappa shape index (κ3) is 6.39. The molecule has 0 spiro atoms. The fraction of sp³-hybridized carbons (Fsp3) is 0.381. The second-order valence-corrected chi connectivity index (χ2v) is 6.92. The van der Waals surface area contributed by atoms with E-state index in [4.69, 9.17) is 5.73 Å². The quantitative estimate of drug-likeness (QED) is 0.392. The molecule has 1 heterocycles. The lowest BCUT2D eigenvalue weighted by molar-refractivity contribution is 0.201. The van der Waals surface area contributed by atoms with Crippen LogP contribution in [0.25, 0.3) is 0 Å². The molecule has 1 atom stereocenters. The lowest BCUT2D eigenvalue weighted by atomic mass is 10.2. The van der Waals surface area contributed by atoms with E-state index in [0.717, 1.165) is 31.9 Å². The van der Waals surface area contributed by atoms with Gasteiger partial charge in [-0.15, -0.1) is 24.0 Å². The number of hydrogen-bond donors (Lipinski definition) is 2. The summed E-state index contributed by atoms with van der Waals surface area (Å²) in [6, 6.07) is 19.2. The van der Waals surface area contributed by atoms with Gasteiger partial charge in [0.05, 0.1) is 6.54 Å². The second kappa shape index (κ2) is 10.5. The average Bonchev–Trinajstić information content (AvgIpc) is 2.69. The smallest absolute Gasteiger partial charge is 0.193 e. The lowest BCUT2D eigenvalue weighted by Crippen LogP contribution is -2.50. The molecule has 0 aliphatic carbocycles. The number of nitrogens with one attached hydrogen (secondary N) is 1. The van der Waals surface area contributed by atoms with Gasteiger partial charge in [0, 0.05) is 43.6 Å².